The van der Waals surface area contributed by atoms with Gasteiger partial charge in [-0.2, -0.15) is 5.10 Å². The maximum absolute atomic E-state index is 12.2. The van der Waals surface area contributed by atoms with Gasteiger partial charge in [-0.1, -0.05) is 6.07 Å². The van der Waals surface area contributed by atoms with Gasteiger partial charge >= 0.3 is 0 Å². The van der Waals surface area contributed by atoms with Crippen LogP contribution < -0.4 is 5.32 Å². The van der Waals surface area contributed by atoms with Crippen molar-refractivity contribution in [2.75, 3.05) is 12.4 Å². The van der Waals surface area contributed by atoms with E-state index in [1.54, 1.807) is 19.4 Å². The summed E-state index contributed by atoms with van der Waals surface area (Å²) in [6.45, 7) is 0. The number of nitrogens with one attached hydrogen (secondary N) is 1. The Bertz CT molecular complexity index is 756. The molecule has 0 saturated carbocycles. The van der Waals surface area contributed by atoms with Crippen LogP contribution in [0.5, 0.6) is 0 Å². The number of pyridine rings is 1. The summed E-state index contributed by atoms with van der Waals surface area (Å²) in [6.07, 6.45) is 6.65. The lowest BCUT2D eigenvalue weighted by Crippen LogP contribution is -2.34. The van der Waals surface area contributed by atoms with Gasteiger partial charge in [-0.3, -0.25) is 19.9 Å². The van der Waals surface area contributed by atoms with Gasteiger partial charge in [-0.15, -0.1) is 11.3 Å². The number of aromatic nitrogens is 2. The third-order valence-corrected chi connectivity index (χ3v) is 4.26. The van der Waals surface area contributed by atoms with Crippen LogP contribution in [0, 0.1) is 0 Å². The second-order valence-corrected chi connectivity index (χ2v) is 6.20. The number of nitrogens with zero attached hydrogens (tertiary/aromatic N) is 4. The highest BCUT2D eigenvalue weighted by molar-refractivity contribution is 7.15. The first kappa shape index (κ1) is 15.3. The lowest BCUT2D eigenvalue weighted by atomic mass is 10.1. The van der Waals surface area contributed by atoms with E-state index in [1.165, 1.54) is 16.3 Å². The van der Waals surface area contributed by atoms with Crippen molar-refractivity contribution in [3.05, 3.63) is 41.2 Å². The summed E-state index contributed by atoms with van der Waals surface area (Å²) >= 11 is 1.42. The number of carbonyl (C=O) groups excluding carboxylic acids is 2. The number of anilines is 1. The first-order valence-electron chi connectivity index (χ1n) is 7.11. The third-order valence-electron chi connectivity index (χ3n) is 3.34. The molecule has 2 aromatic rings. The van der Waals surface area contributed by atoms with E-state index in [2.05, 4.69) is 20.4 Å². The van der Waals surface area contributed by atoms with Crippen molar-refractivity contribution in [1.82, 2.24) is 15.0 Å². The summed E-state index contributed by atoms with van der Waals surface area (Å²) in [5.74, 6) is -0.402. The number of carbonyl (C=O) groups is 2. The molecule has 2 aromatic heterocycles. The lowest BCUT2D eigenvalue weighted by molar-refractivity contribution is -0.130. The van der Waals surface area contributed by atoms with Crippen LogP contribution in [0.1, 0.15) is 23.3 Å². The maximum atomic E-state index is 12.2. The highest BCUT2D eigenvalue weighted by atomic mass is 32.1. The third kappa shape index (κ3) is 3.78. The summed E-state index contributed by atoms with van der Waals surface area (Å²) in [5.41, 5.74) is 1.43. The number of hydrogen-bond donors (Lipinski definition) is 1. The molecular formula is C15H15N5O2S. The van der Waals surface area contributed by atoms with Gasteiger partial charge in [0.15, 0.2) is 5.13 Å². The molecule has 0 bridgehead atoms. The van der Waals surface area contributed by atoms with Gasteiger partial charge in [0.1, 0.15) is 5.71 Å². The second kappa shape index (κ2) is 6.66. The molecule has 1 aliphatic heterocycles. The number of amides is 2. The molecule has 8 heteroatoms. The molecule has 1 N–H and O–H groups in total. The molecule has 7 nitrogen and oxygen atoms in total. The van der Waals surface area contributed by atoms with Crippen LogP contribution in [0.2, 0.25) is 0 Å². The van der Waals surface area contributed by atoms with Crippen molar-refractivity contribution in [3.8, 4) is 0 Å². The van der Waals surface area contributed by atoms with Gasteiger partial charge in [0.2, 0.25) is 5.91 Å². The zero-order chi connectivity index (χ0) is 16.2. The number of thiazole rings is 1. The second-order valence-electron chi connectivity index (χ2n) is 5.09. The molecule has 0 spiro atoms. The molecule has 3 heterocycles. The Hall–Kier alpha value is -2.61. The molecular weight excluding hydrogens is 314 g/mol. The van der Waals surface area contributed by atoms with Gasteiger partial charge in [0.25, 0.3) is 5.91 Å². The Kier molecular flexibility index (Phi) is 4.42. The Morgan fingerprint density at radius 1 is 1.39 bits per heavy atom. The normalized spacial score (nSPS) is 14.6. The van der Waals surface area contributed by atoms with Crippen molar-refractivity contribution < 1.29 is 9.59 Å². The predicted octanol–water partition coefficient (Wildman–Crippen LogP) is 1.68. The minimum Gasteiger partial charge on any atom is -0.297 e. The summed E-state index contributed by atoms with van der Waals surface area (Å²) in [7, 11) is 1.55. The fourth-order valence-electron chi connectivity index (χ4n) is 2.15. The fraction of sp³-hybridized carbons (Fsp3) is 0.267. The molecule has 0 aliphatic carbocycles. The van der Waals surface area contributed by atoms with Crippen LogP contribution in [0.15, 0.2) is 35.8 Å². The van der Waals surface area contributed by atoms with Crippen LogP contribution in [-0.2, 0) is 16.0 Å². The smallest absolute Gasteiger partial charge is 0.273 e. The molecule has 0 radical (unpaired) electrons. The van der Waals surface area contributed by atoms with E-state index in [4.69, 9.17) is 0 Å². The van der Waals surface area contributed by atoms with Crippen molar-refractivity contribution in [2.45, 2.75) is 19.3 Å². The van der Waals surface area contributed by atoms with Crippen LogP contribution >= 0.6 is 11.3 Å². The topological polar surface area (TPSA) is 87.6 Å². The highest BCUT2D eigenvalue weighted by Gasteiger charge is 2.22. The van der Waals surface area contributed by atoms with E-state index in [9.17, 15) is 9.59 Å². The summed E-state index contributed by atoms with van der Waals surface area (Å²) in [5, 5.41) is 8.45. The lowest BCUT2D eigenvalue weighted by Gasteiger charge is -2.18. The van der Waals surface area contributed by atoms with Crippen molar-refractivity contribution in [3.63, 3.8) is 0 Å². The highest BCUT2D eigenvalue weighted by Crippen LogP contribution is 2.21. The van der Waals surface area contributed by atoms with E-state index in [-0.39, 0.29) is 11.8 Å². The Morgan fingerprint density at radius 3 is 3.00 bits per heavy atom. The van der Waals surface area contributed by atoms with Crippen molar-refractivity contribution >= 4 is 34.0 Å². The van der Waals surface area contributed by atoms with Gasteiger partial charge < -0.3 is 0 Å². The quantitative estimate of drug-likeness (QED) is 0.924. The Balaban J connectivity index is 1.64. The molecule has 1 aliphatic rings. The summed E-state index contributed by atoms with van der Waals surface area (Å²) in [6, 6.07) is 3.88. The van der Waals surface area contributed by atoms with Crippen molar-refractivity contribution in [1.29, 1.82) is 0 Å². The largest absolute Gasteiger partial charge is 0.297 e. The number of hydrazone groups is 1. The number of rotatable bonds is 4. The Morgan fingerprint density at radius 2 is 2.26 bits per heavy atom. The molecule has 0 unspecified atom stereocenters. The van der Waals surface area contributed by atoms with Crippen molar-refractivity contribution in [2.24, 2.45) is 5.10 Å². The molecule has 2 amide bonds. The average molecular weight is 329 g/mol. The van der Waals surface area contributed by atoms with Crippen LogP contribution in [0.3, 0.4) is 0 Å². The first-order valence-corrected chi connectivity index (χ1v) is 7.92. The van der Waals surface area contributed by atoms with Gasteiger partial charge in [0, 0.05) is 49.8 Å². The van der Waals surface area contributed by atoms with E-state index >= 15 is 0 Å². The van der Waals surface area contributed by atoms with E-state index in [1.807, 2.05) is 18.3 Å². The zero-order valence-corrected chi connectivity index (χ0v) is 13.3. The fourth-order valence-corrected chi connectivity index (χ4v) is 2.99. The standard InChI is InChI=1S/C15H15N5O2S/c1-20-13(21)5-4-12(19-20)14(22)18-15-17-9-11(23-15)7-10-3-2-6-16-8-10/h2-3,6,8-9H,4-5,7H2,1H3,(H,17,18,22). The monoisotopic (exact) mass is 329 g/mol. The summed E-state index contributed by atoms with van der Waals surface area (Å²) < 4.78 is 0. The SMILES string of the molecule is CN1N=C(C(=O)Nc2ncc(Cc3cccnc3)s2)CCC1=O. The molecule has 118 valence electrons. The molecule has 0 atom stereocenters. The van der Waals surface area contributed by atoms with Crippen LogP contribution in [-0.4, -0.2) is 39.6 Å². The minimum absolute atomic E-state index is 0.0884. The minimum atomic E-state index is -0.313. The maximum Gasteiger partial charge on any atom is 0.273 e. The molecule has 3 rings (SSSR count). The molecule has 0 saturated heterocycles. The molecule has 23 heavy (non-hydrogen) atoms. The van der Waals surface area contributed by atoms with Gasteiger partial charge in [0.05, 0.1) is 0 Å². The first-order chi connectivity index (χ1) is 11.1. The van der Waals surface area contributed by atoms with Crippen LogP contribution in [0.25, 0.3) is 0 Å². The van der Waals surface area contributed by atoms with Crippen LogP contribution in [0.4, 0.5) is 5.13 Å². The zero-order valence-electron chi connectivity index (χ0n) is 12.5. The predicted molar refractivity (Wildman–Crippen MR) is 87.2 cm³/mol. The van der Waals surface area contributed by atoms with Gasteiger partial charge in [-0.05, 0) is 11.6 Å². The average Bonchev–Trinajstić information content (AvgIpc) is 2.98. The number of hydrogen-bond acceptors (Lipinski definition) is 6. The van der Waals surface area contributed by atoms with Gasteiger partial charge in [-0.25, -0.2) is 9.99 Å². The molecule has 0 fully saturated rings. The summed E-state index contributed by atoms with van der Waals surface area (Å²) in [4.78, 5) is 32.9. The van der Waals surface area contributed by atoms with E-state index in [0.29, 0.717) is 23.7 Å². The Labute approximate surface area is 137 Å². The van der Waals surface area contributed by atoms with E-state index in [0.717, 1.165) is 16.9 Å². The van der Waals surface area contributed by atoms with E-state index < -0.39 is 0 Å². The molecule has 0 aromatic carbocycles.